The highest BCUT2D eigenvalue weighted by molar-refractivity contribution is 5.84. The third-order valence-corrected chi connectivity index (χ3v) is 5.18. The van der Waals surface area contributed by atoms with Crippen LogP contribution in [0.5, 0.6) is 0 Å². The van der Waals surface area contributed by atoms with E-state index in [9.17, 15) is 4.39 Å². The first kappa shape index (κ1) is 18.9. The lowest BCUT2D eigenvalue weighted by Gasteiger charge is -2.11. The predicted octanol–water partition coefficient (Wildman–Crippen LogP) is 4.83. The van der Waals surface area contributed by atoms with Gasteiger partial charge in [0.15, 0.2) is 11.5 Å². The van der Waals surface area contributed by atoms with Gasteiger partial charge in [-0.15, -0.1) is 0 Å². The molecule has 0 aliphatic rings. The predicted molar refractivity (Wildman–Crippen MR) is 119 cm³/mol. The van der Waals surface area contributed by atoms with Gasteiger partial charge in [0.1, 0.15) is 17.2 Å². The number of fused-ring (bicyclic) bond motifs is 1. The number of aryl methyl sites for hydroxylation is 1. The second-order valence-electron chi connectivity index (χ2n) is 7.13. The molecule has 6 nitrogen and oxygen atoms in total. The summed E-state index contributed by atoms with van der Waals surface area (Å²) in [6.45, 7) is 2.12. The third kappa shape index (κ3) is 3.40. The van der Waals surface area contributed by atoms with Crippen LogP contribution in [-0.2, 0) is 6.42 Å². The minimum absolute atomic E-state index is 0.389. The molecule has 0 saturated carbocycles. The number of benzene rings is 1. The van der Waals surface area contributed by atoms with E-state index in [4.69, 9.17) is 15.7 Å². The third-order valence-electron chi connectivity index (χ3n) is 5.18. The monoisotopic (exact) mass is 410 g/mol. The van der Waals surface area contributed by atoms with Crippen LogP contribution >= 0.6 is 0 Å². The van der Waals surface area contributed by atoms with Crippen molar-refractivity contribution in [1.29, 1.82) is 0 Å². The van der Waals surface area contributed by atoms with E-state index in [2.05, 4.69) is 29.0 Å². The van der Waals surface area contributed by atoms with Crippen LogP contribution in [-0.4, -0.2) is 24.5 Å². The van der Waals surface area contributed by atoms with Crippen LogP contribution in [0.2, 0.25) is 0 Å². The first-order chi connectivity index (χ1) is 15.1. The molecule has 2 N–H and O–H groups in total. The summed E-state index contributed by atoms with van der Waals surface area (Å²) in [7, 11) is 0. The van der Waals surface area contributed by atoms with Crippen LogP contribution in [0.15, 0.2) is 73.1 Å². The summed E-state index contributed by atoms with van der Waals surface area (Å²) in [5.41, 5.74) is 11.6. The quantitative estimate of drug-likeness (QED) is 0.459. The second-order valence-corrected chi connectivity index (χ2v) is 7.13. The Morgan fingerprint density at radius 2 is 1.71 bits per heavy atom. The smallest absolute Gasteiger partial charge is 0.165 e. The van der Waals surface area contributed by atoms with Gasteiger partial charge in [-0.3, -0.25) is 9.55 Å². The van der Waals surface area contributed by atoms with Gasteiger partial charge in [-0.1, -0.05) is 19.1 Å². The van der Waals surface area contributed by atoms with Gasteiger partial charge in [-0.25, -0.2) is 19.3 Å². The number of hydrogen-bond acceptors (Lipinski definition) is 5. The fourth-order valence-corrected chi connectivity index (χ4v) is 3.54. The van der Waals surface area contributed by atoms with Crippen molar-refractivity contribution in [3.63, 3.8) is 0 Å². The van der Waals surface area contributed by atoms with E-state index in [-0.39, 0.29) is 5.82 Å². The number of aromatic nitrogens is 5. The molecule has 0 atom stereocenters. The zero-order valence-electron chi connectivity index (χ0n) is 16.8. The maximum atomic E-state index is 13.3. The topological polar surface area (TPSA) is 82.5 Å². The molecule has 4 aromatic heterocycles. The van der Waals surface area contributed by atoms with E-state index in [1.807, 2.05) is 41.0 Å². The number of anilines is 1. The molecule has 0 aliphatic heterocycles. The summed E-state index contributed by atoms with van der Waals surface area (Å²) in [6, 6.07) is 18.7. The fraction of sp³-hybridized carbons (Fsp3) is 0.0833. The summed E-state index contributed by atoms with van der Waals surface area (Å²) in [6.07, 6.45) is 3.79. The van der Waals surface area contributed by atoms with Gasteiger partial charge in [0.2, 0.25) is 0 Å². The molecule has 0 unspecified atom stereocenters. The van der Waals surface area contributed by atoms with Crippen LogP contribution in [0.3, 0.4) is 0 Å². The van der Waals surface area contributed by atoms with E-state index >= 15 is 0 Å². The van der Waals surface area contributed by atoms with E-state index < -0.39 is 0 Å². The first-order valence-electron chi connectivity index (χ1n) is 9.95. The van der Waals surface area contributed by atoms with Crippen molar-refractivity contribution in [3.05, 3.63) is 84.4 Å². The SMILES string of the molecule is CCc1ccc(-n2c(-c3cccnc3N)nc3ccc(-c4ccc(F)cn4)nc32)cc1. The summed E-state index contributed by atoms with van der Waals surface area (Å²) in [4.78, 5) is 18.0. The van der Waals surface area contributed by atoms with Crippen LogP contribution in [0, 0.1) is 5.82 Å². The van der Waals surface area contributed by atoms with Gasteiger partial charge in [-0.2, -0.15) is 0 Å². The van der Waals surface area contributed by atoms with Crippen LogP contribution in [0.4, 0.5) is 10.2 Å². The zero-order chi connectivity index (χ0) is 21.4. The molecule has 0 fully saturated rings. The van der Waals surface area contributed by atoms with Crippen molar-refractivity contribution in [2.45, 2.75) is 13.3 Å². The summed E-state index contributed by atoms with van der Waals surface area (Å²) >= 11 is 0. The molecule has 5 aromatic rings. The zero-order valence-corrected chi connectivity index (χ0v) is 16.8. The number of hydrogen-bond donors (Lipinski definition) is 1. The molecule has 0 radical (unpaired) electrons. The molecule has 152 valence electrons. The second kappa shape index (κ2) is 7.60. The number of rotatable bonds is 4. The molecule has 1 aromatic carbocycles. The normalized spacial score (nSPS) is 11.2. The number of nitrogens with zero attached hydrogens (tertiary/aromatic N) is 5. The lowest BCUT2D eigenvalue weighted by Crippen LogP contribution is -2.02. The Morgan fingerprint density at radius 3 is 2.42 bits per heavy atom. The van der Waals surface area contributed by atoms with E-state index in [0.717, 1.165) is 17.7 Å². The van der Waals surface area contributed by atoms with Gasteiger partial charge >= 0.3 is 0 Å². The number of imidazole rings is 1. The Bertz CT molecular complexity index is 1370. The molecule has 4 heterocycles. The van der Waals surface area contributed by atoms with Crippen molar-refractivity contribution in [3.8, 4) is 28.5 Å². The van der Waals surface area contributed by atoms with Crippen molar-refractivity contribution in [1.82, 2.24) is 24.5 Å². The number of nitrogen functional groups attached to an aromatic ring is 1. The van der Waals surface area contributed by atoms with Gasteiger partial charge in [0, 0.05) is 11.9 Å². The largest absolute Gasteiger partial charge is 0.383 e. The molecule has 0 bridgehead atoms. The number of pyridine rings is 3. The molecule has 0 saturated heterocycles. The van der Waals surface area contributed by atoms with Crippen LogP contribution in [0.25, 0.3) is 39.6 Å². The average molecular weight is 410 g/mol. The standard InChI is InChI=1S/C24H19FN6/c1-2-15-5-8-17(9-6-15)31-23(18-4-3-13-27-22(18)26)30-21-12-11-20(29-24(21)31)19-10-7-16(25)14-28-19/h3-14H,2H2,1H3,(H2,26,27). The van der Waals surface area contributed by atoms with Gasteiger partial charge in [-0.05, 0) is 60.5 Å². The van der Waals surface area contributed by atoms with E-state index in [1.54, 1.807) is 12.3 Å². The summed E-state index contributed by atoms with van der Waals surface area (Å²) in [5, 5.41) is 0. The van der Waals surface area contributed by atoms with Crippen molar-refractivity contribution >= 4 is 17.0 Å². The Balaban J connectivity index is 1.77. The Hall–Kier alpha value is -4.13. The fourth-order valence-electron chi connectivity index (χ4n) is 3.54. The van der Waals surface area contributed by atoms with Crippen LogP contribution < -0.4 is 5.73 Å². The van der Waals surface area contributed by atoms with Crippen molar-refractivity contribution in [2.75, 3.05) is 5.73 Å². The highest BCUT2D eigenvalue weighted by Crippen LogP contribution is 2.31. The Labute approximate surface area is 178 Å². The molecule has 0 aliphatic carbocycles. The molecule has 0 amide bonds. The lowest BCUT2D eigenvalue weighted by atomic mass is 10.1. The molecule has 31 heavy (non-hydrogen) atoms. The van der Waals surface area contributed by atoms with Gasteiger partial charge in [0.05, 0.1) is 23.1 Å². The maximum absolute atomic E-state index is 13.3. The molecule has 7 heteroatoms. The van der Waals surface area contributed by atoms with Crippen molar-refractivity contribution < 1.29 is 4.39 Å². The van der Waals surface area contributed by atoms with Gasteiger partial charge in [0.25, 0.3) is 0 Å². The first-order valence-corrected chi connectivity index (χ1v) is 9.95. The summed E-state index contributed by atoms with van der Waals surface area (Å²) < 4.78 is 15.3. The Kier molecular flexibility index (Phi) is 4.63. The highest BCUT2D eigenvalue weighted by atomic mass is 19.1. The van der Waals surface area contributed by atoms with Crippen molar-refractivity contribution in [2.24, 2.45) is 0 Å². The minimum Gasteiger partial charge on any atom is -0.383 e. The lowest BCUT2D eigenvalue weighted by molar-refractivity contribution is 0.622. The minimum atomic E-state index is -0.389. The number of nitrogens with two attached hydrogens (primary N) is 1. The van der Waals surface area contributed by atoms with Crippen LogP contribution in [0.1, 0.15) is 12.5 Å². The molecule has 0 spiro atoms. The molecular formula is C24H19FN6. The summed E-state index contributed by atoms with van der Waals surface area (Å²) in [5.74, 6) is 0.659. The van der Waals surface area contributed by atoms with E-state index in [0.29, 0.717) is 34.2 Å². The maximum Gasteiger partial charge on any atom is 0.165 e. The highest BCUT2D eigenvalue weighted by Gasteiger charge is 2.18. The van der Waals surface area contributed by atoms with Gasteiger partial charge < -0.3 is 5.73 Å². The van der Waals surface area contributed by atoms with E-state index in [1.165, 1.54) is 17.8 Å². The average Bonchev–Trinajstić information content (AvgIpc) is 3.18. The molecule has 5 rings (SSSR count). The Morgan fingerprint density at radius 1 is 0.903 bits per heavy atom. The molecular weight excluding hydrogens is 391 g/mol. The number of halogens is 1.